The summed E-state index contributed by atoms with van der Waals surface area (Å²) in [5.41, 5.74) is -3.00. The minimum absolute atomic E-state index is 0.262. The molecule has 2 rings (SSSR count). The summed E-state index contributed by atoms with van der Waals surface area (Å²) in [7, 11) is 0. The molecule has 1 heterocycles. The first-order chi connectivity index (χ1) is 12.2. The maximum absolute atomic E-state index is 12.6. The number of non-ortho nitro benzene ring substituents is 1. The smallest absolute Gasteiger partial charge is 0.324 e. The van der Waals surface area contributed by atoms with Gasteiger partial charge in [-0.25, -0.2) is 4.39 Å². The summed E-state index contributed by atoms with van der Waals surface area (Å²) in [4.78, 5) is 31.3. The van der Waals surface area contributed by atoms with Gasteiger partial charge in [0.1, 0.15) is 0 Å². The molecule has 0 aliphatic rings. The van der Waals surface area contributed by atoms with Gasteiger partial charge < -0.3 is 9.84 Å². The Hall–Kier alpha value is -3.90. The van der Waals surface area contributed by atoms with Crippen molar-refractivity contribution in [1.82, 2.24) is 4.98 Å². The van der Waals surface area contributed by atoms with Crippen LogP contribution in [0.15, 0.2) is 30.6 Å². The third-order valence-corrected chi connectivity index (χ3v) is 2.69. The molecule has 1 N–H and O–H groups in total. The summed E-state index contributed by atoms with van der Waals surface area (Å²) in [5, 5.41) is 40.2. The Balaban J connectivity index is 0.000000289. The summed E-state index contributed by atoms with van der Waals surface area (Å²) in [6.45, 7) is 2.28. The summed E-state index contributed by atoms with van der Waals surface area (Å²) >= 11 is 0. The van der Waals surface area contributed by atoms with Gasteiger partial charge >= 0.3 is 11.4 Å². The van der Waals surface area contributed by atoms with Crippen molar-refractivity contribution in [3.8, 4) is 11.5 Å². The van der Waals surface area contributed by atoms with Crippen LogP contribution in [-0.4, -0.2) is 31.5 Å². The minimum atomic E-state index is -1.21. The molecule has 26 heavy (non-hydrogen) atoms. The van der Waals surface area contributed by atoms with Crippen molar-refractivity contribution in [3.63, 3.8) is 0 Å². The van der Waals surface area contributed by atoms with Crippen LogP contribution in [-0.2, 0) is 0 Å². The van der Waals surface area contributed by atoms with Crippen molar-refractivity contribution in [2.75, 3.05) is 6.61 Å². The maximum Gasteiger partial charge on any atom is 0.324 e. The predicted octanol–water partition coefficient (Wildman–Crippen LogP) is 2.74. The van der Waals surface area contributed by atoms with E-state index in [0.29, 0.717) is 18.7 Å². The molecule has 2 aromatic rings. The highest BCUT2D eigenvalue weighted by Gasteiger charge is 2.30. The maximum atomic E-state index is 12.6. The molecule has 0 saturated carbocycles. The molecule has 0 aliphatic carbocycles. The molecule has 1 aromatic heterocycles. The highest BCUT2D eigenvalue weighted by molar-refractivity contribution is 5.64. The Labute approximate surface area is 143 Å². The third-order valence-electron chi connectivity index (χ3n) is 2.69. The zero-order valence-corrected chi connectivity index (χ0v) is 13.1. The molecule has 13 heteroatoms. The first kappa shape index (κ1) is 20.1. The summed E-state index contributed by atoms with van der Waals surface area (Å²) in [6.07, 6.45) is 2.62. The third kappa shape index (κ3) is 5.05. The number of ether oxygens (including phenoxy) is 1. The van der Waals surface area contributed by atoms with Crippen LogP contribution < -0.4 is 4.74 Å². The lowest BCUT2D eigenvalue weighted by atomic mass is 10.2. The van der Waals surface area contributed by atoms with Crippen molar-refractivity contribution >= 4 is 17.1 Å². The Morgan fingerprint density at radius 3 is 2.04 bits per heavy atom. The quantitative estimate of drug-likeness (QED) is 0.613. The van der Waals surface area contributed by atoms with Gasteiger partial charge in [0, 0.05) is 12.3 Å². The first-order valence-corrected chi connectivity index (χ1v) is 6.71. The number of nitro benzene ring substituents is 3. The van der Waals surface area contributed by atoms with E-state index < -0.39 is 43.4 Å². The number of hydrogen-bond acceptors (Lipinski definition) is 9. The van der Waals surface area contributed by atoms with E-state index in [-0.39, 0.29) is 5.75 Å². The van der Waals surface area contributed by atoms with Crippen LogP contribution in [0.25, 0.3) is 0 Å². The van der Waals surface area contributed by atoms with Crippen LogP contribution in [0.2, 0.25) is 0 Å². The molecule has 0 fully saturated rings. The van der Waals surface area contributed by atoms with Gasteiger partial charge in [-0.2, -0.15) is 0 Å². The molecule has 0 saturated heterocycles. The van der Waals surface area contributed by atoms with Gasteiger partial charge in [0.05, 0.1) is 39.7 Å². The van der Waals surface area contributed by atoms with Crippen LogP contribution in [0.4, 0.5) is 21.5 Å². The number of nitro groups is 3. The van der Waals surface area contributed by atoms with E-state index in [2.05, 4.69) is 4.98 Å². The van der Waals surface area contributed by atoms with E-state index >= 15 is 0 Å². The Bertz CT molecular complexity index is 810. The van der Waals surface area contributed by atoms with Gasteiger partial charge in [-0.1, -0.05) is 0 Å². The molecule has 0 bridgehead atoms. The second-order valence-corrected chi connectivity index (χ2v) is 4.34. The van der Waals surface area contributed by atoms with E-state index in [1.165, 1.54) is 12.3 Å². The molecule has 0 radical (unpaired) electrons. The molecule has 138 valence electrons. The summed E-state index contributed by atoms with van der Waals surface area (Å²) < 4.78 is 17.5. The number of nitrogens with zero attached hydrogens (tertiary/aromatic N) is 4. The molecular formula is C13H11FN4O8. The van der Waals surface area contributed by atoms with Crippen LogP contribution in [0.3, 0.4) is 0 Å². The monoisotopic (exact) mass is 370 g/mol. The average Bonchev–Trinajstić information content (AvgIpc) is 2.57. The highest BCUT2D eigenvalue weighted by atomic mass is 19.1. The van der Waals surface area contributed by atoms with E-state index in [4.69, 9.17) is 9.84 Å². The second kappa shape index (κ2) is 8.81. The van der Waals surface area contributed by atoms with Crippen molar-refractivity contribution in [2.24, 2.45) is 0 Å². The van der Waals surface area contributed by atoms with Crippen LogP contribution >= 0.6 is 0 Å². The average molecular weight is 370 g/mol. The summed E-state index contributed by atoms with van der Waals surface area (Å²) in [6, 6.07) is 2.39. The van der Waals surface area contributed by atoms with Crippen molar-refractivity contribution in [2.45, 2.75) is 6.92 Å². The van der Waals surface area contributed by atoms with E-state index in [1.807, 2.05) is 0 Å². The van der Waals surface area contributed by atoms with Crippen molar-refractivity contribution in [1.29, 1.82) is 0 Å². The highest BCUT2D eigenvalue weighted by Crippen LogP contribution is 2.38. The number of aromatic hydroxyl groups is 1. The SMILES string of the molecule is CCOc1ccncc1F.O=[N+]([O-])c1cc([N+](=O)[O-])c(O)c([N+](=O)[O-])c1. The number of hydrogen-bond donors (Lipinski definition) is 1. The van der Waals surface area contributed by atoms with Gasteiger partial charge in [-0.05, 0) is 6.92 Å². The second-order valence-electron chi connectivity index (χ2n) is 4.34. The lowest BCUT2D eigenvalue weighted by molar-refractivity contribution is -0.404. The van der Waals surface area contributed by atoms with Crippen molar-refractivity contribution in [3.05, 3.63) is 66.8 Å². The predicted molar refractivity (Wildman–Crippen MR) is 83.4 cm³/mol. The molecular weight excluding hydrogens is 359 g/mol. The number of phenolic OH excluding ortho intramolecular Hbond substituents is 1. The fourth-order valence-electron chi connectivity index (χ4n) is 1.61. The number of phenols is 1. The van der Waals surface area contributed by atoms with Crippen LogP contribution in [0.5, 0.6) is 11.5 Å². The molecule has 12 nitrogen and oxygen atoms in total. The van der Waals surface area contributed by atoms with E-state index in [1.54, 1.807) is 6.92 Å². The number of rotatable bonds is 5. The molecule has 0 aliphatic heterocycles. The zero-order chi connectivity index (χ0) is 19.9. The van der Waals surface area contributed by atoms with Gasteiger partial charge in [-0.15, -0.1) is 0 Å². The number of benzene rings is 1. The molecule has 0 atom stereocenters. The molecule has 1 aromatic carbocycles. The number of halogens is 1. The molecule has 0 unspecified atom stereocenters. The standard InChI is InChI=1S/C7H8FNO.C6H3N3O7/c1-2-10-7-3-4-9-5-6(7)8;10-6-4(8(13)14)1-3(7(11)12)2-5(6)9(15)16/h3-5H,2H2,1H3;1-2,10H. The number of aromatic nitrogens is 1. The van der Waals surface area contributed by atoms with Crippen molar-refractivity contribution < 1.29 is 29.0 Å². The summed E-state index contributed by atoms with van der Waals surface area (Å²) in [5.74, 6) is -1.36. The fraction of sp³-hybridized carbons (Fsp3) is 0.154. The normalized spacial score (nSPS) is 9.62. The lowest BCUT2D eigenvalue weighted by Crippen LogP contribution is -1.97. The topological polar surface area (TPSA) is 172 Å². The largest absolute Gasteiger partial charge is 0.497 e. The molecule has 0 spiro atoms. The van der Waals surface area contributed by atoms with Crippen LogP contribution in [0.1, 0.15) is 6.92 Å². The van der Waals surface area contributed by atoms with Gasteiger partial charge in [-0.3, -0.25) is 35.3 Å². The first-order valence-electron chi connectivity index (χ1n) is 6.71. The Morgan fingerprint density at radius 1 is 1.12 bits per heavy atom. The lowest BCUT2D eigenvalue weighted by Gasteiger charge is -2.01. The minimum Gasteiger partial charge on any atom is -0.497 e. The van der Waals surface area contributed by atoms with Gasteiger partial charge in [0.2, 0.25) is 0 Å². The van der Waals surface area contributed by atoms with E-state index in [0.717, 1.165) is 6.20 Å². The Kier molecular flexibility index (Phi) is 6.83. The molecule has 0 amide bonds. The van der Waals surface area contributed by atoms with Gasteiger partial charge in [0.25, 0.3) is 11.4 Å². The van der Waals surface area contributed by atoms with Gasteiger partial charge in [0.15, 0.2) is 11.6 Å². The Morgan fingerprint density at radius 2 is 1.65 bits per heavy atom. The zero-order valence-electron chi connectivity index (χ0n) is 13.1. The fourth-order valence-corrected chi connectivity index (χ4v) is 1.61. The van der Waals surface area contributed by atoms with Crippen LogP contribution in [0, 0.1) is 36.2 Å². The number of pyridine rings is 1. The van der Waals surface area contributed by atoms with E-state index in [9.17, 15) is 34.7 Å².